The number of fused-ring (bicyclic) bond motifs is 1. The van der Waals surface area contributed by atoms with Gasteiger partial charge in [0, 0.05) is 27.6 Å². The van der Waals surface area contributed by atoms with Crippen LogP contribution >= 0.6 is 23.2 Å². The minimum Gasteiger partial charge on any atom is -0.320 e. The Bertz CT molecular complexity index is 1270. The van der Waals surface area contributed by atoms with Gasteiger partial charge in [0.1, 0.15) is 11.3 Å². The molecule has 0 aliphatic heterocycles. The average molecular weight is 467 g/mol. The van der Waals surface area contributed by atoms with Crippen LogP contribution in [0, 0.1) is 6.92 Å². The van der Waals surface area contributed by atoms with E-state index in [9.17, 15) is 4.79 Å². The zero-order valence-corrected chi connectivity index (χ0v) is 19.5. The maximum atomic E-state index is 12.7. The van der Waals surface area contributed by atoms with E-state index in [4.69, 9.17) is 28.2 Å². The number of pyridine rings is 1. The zero-order chi connectivity index (χ0) is 22.7. The molecule has 1 amide bonds. The van der Waals surface area contributed by atoms with Crippen LogP contribution in [-0.4, -0.2) is 20.4 Å². The molecular weight excluding hydrogens is 443 g/mol. The fraction of sp³-hybridized carbons (Fsp3) is 0.240. The van der Waals surface area contributed by atoms with E-state index in [0.29, 0.717) is 27.8 Å². The summed E-state index contributed by atoms with van der Waals surface area (Å²) in [4.78, 5) is 22.3. The Morgan fingerprint density at radius 1 is 1.09 bits per heavy atom. The van der Waals surface area contributed by atoms with Crippen LogP contribution in [0.5, 0.6) is 0 Å². The number of aromatic nitrogens is 3. The highest BCUT2D eigenvalue weighted by Gasteiger charge is 2.17. The highest BCUT2D eigenvalue weighted by molar-refractivity contribution is 6.31. The number of benzene rings is 2. The first-order valence-corrected chi connectivity index (χ1v) is 11.4. The van der Waals surface area contributed by atoms with E-state index in [1.807, 2.05) is 31.2 Å². The molecule has 0 bridgehead atoms. The lowest BCUT2D eigenvalue weighted by atomic mass is 10.2. The van der Waals surface area contributed by atoms with E-state index in [2.05, 4.69) is 21.8 Å². The number of nitrogens with zero attached hydrogens (tertiary/aromatic N) is 3. The Kier molecular flexibility index (Phi) is 6.77. The Balaban J connectivity index is 1.70. The van der Waals surface area contributed by atoms with Gasteiger partial charge in [-0.05, 0) is 49.2 Å². The van der Waals surface area contributed by atoms with Crippen molar-refractivity contribution in [2.75, 3.05) is 5.32 Å². The standard InChI is InChI=1S/C25H24Cl2N4O/c1-3-4-8-22-30-23-16(2)21(29-25(32)18-6-5-7-20(27)13-18)14-28-24(23)31(22)15-17-9-11-19(26)12-10-17/h5-7,9-14H,3-4,8,15H2,1-2H3,(H,29,32). The van der Waals surface area contributed by atoms with Crippen molar-refractivity contribution < 1.29 is 4.79 Å². The van der Waals surface area contributed by atoms with Crippen molar-refractivity contribution in [3.63, 3.8) is 0 Å². The maximum Gasteiger partial charge on any atom is 0.255 e. The molecule has 0 fully saturated rings. The summed E-state index contributed by atoms with van der Waals surface area (Å²) in [7, 11) is 0. The maximum absolute atomic E-state index is 12.7. The smallest absolute Gasteiger partial charge is 0.255 e. The molecule has 7 heteroatoms. The Hall–Kier alpha value is -2.89. The molecule has 4 rings (SSSR count). The van der Waals surface area contributed by atoms with Crippen molar-refractivity contribution in [1.29, 1.82) is 0 Å². The van der Waals surface area contributed by atoms with Crippen molar-refractivity contribution in [2.45, 2.75) is 39.7 Å². The predicted octanol–water partition coefficient (Wildman–Crippen LogP) is 6.69. The predicted molar refractivity (Wildman–Crippen MR) is 131 cm³/mol. The first kappa shape index (κ1) is 22.3. The average Bonchev–Trinajstić information content (AvgIpc) is 3.13. The van der Waals surface area contributed by atoms with E-state index in [1.165, 1.54) is 0 Å². The highest BCUT2D eigenvalue weighted by atomic mass is 35.5. The van der Waals surface area contributed by atoms with Gasteiger partial charge in [0.15, 0.2) is 5.65 Å². The summed E-state index contributed by atoms with van der Waals surface area (Å²) in [6.07, 6.45) is 4.69. The highest BCUT2D eigenvalue weighted by Crippen LogP contribution is 2.26. The summed E-state index contributed by atoms with van der Waals surface area (Å²) in [6.45, 7) is 4.79. The molecule has 1 N–H and O–H groups in total. The van der Waals surface area contributed by atoms with Crippen LogP contribution in [-0.2, 0) is 13.0 Å². The van der Waals surface area contributed by atoms with Crippen molar-refractivity contribution in [3.05, 3.63) is 87.3 Å². The summed E-state index contributed by atoms with van der Waals surface area (Å²) in [5.74, 6) is 0.759. The quantitative estimate of drug-likeness (QED) is 0.329. The summed E-state index contributed by atoms with van der Waals surface area (Å²) in [5, 5.41) is 4.18. The first-order chi connectivity index (χ1) is 15.5. The molecule has 0 saturated heterocycles. The third kappa shape index (κ3) is 4.79. The zero-order valence-electron chi connectivity index (χ0n) is 18.0. The third-order valence-electron chi connectivity index (χ3n) is 5.44. The molecule has 0 spiro atoms. The lowest BCUT2D eigenvalue weighted by molar-refractivity contribution is 0.102. The number of unbranched alkanes of at least 4 members (excludes halogenated alkanes) is 1. The Labute approximate surface area is 197 Å². The molecule has 0 unspecified atom stereocenters. The van der Waals surface area contributed by atoms with Crippen LogP contribution < -0.4 is 5.32 Å². The molecular formula is C25H24Cl2N4O. The second kappa shape index (κ2) is 9.72. The normalized spacial score (nSPS) is 11.1. The van der Waals surface area contributed by atoms with Crippen molar-refractivity contribution in [2.24, 2.45) is 0 Å². The number of carbonyl (C=O) groups is 1. The lowest BCUT2D eigenvalue weighted by Crippen LogP contribution is -2.13. The molecule has 2 aromatic heterocycles. The minimum atomic E-state index is -0.233. The van der Waals surface area contributed by atoms with E-state index < -0.39 is 0 Å². The number of halogens is 2. The molecule has 164 valence electrons. The molecule has 4 aromatic rings. The first-order valence-electron chi connectivity index (χ1n) is 10.6. The molecule has 0 radical (unpaired) electrons. The number of nitrogens with one attached hydrogen (secondary N) is 1. The van der Waals surface area contributed by atoms with Gasteiger partial charge in [0.2, 0.25) is 0 Å². The molecule has 5 nitrogen and oxygen atoms in total. The molecule has 0 aliphatic rings. The van der Waals surface area contributed by atoms with Gasteiger partial charge < -0.3 is 9.88 Å². The van der Waals surface area contributed by atoms with E-state index in [0.717, 1.165) is 47.4 Å². The van der Waals surface area contributed by atoms with Crippen LogP contribution in [0.1, 0.15) is 47.1 Å². The number of rotatable bonds is 7. The summed E-state index contributed by atoms with van der Waals surface area (Å²) in [5.41, 5.74) is 4.76. The minimum absolute atomic E-state index is 0.233. The number of amides is 1. The Morgan fingerprint density at radius 3 is 2.59 bits per heavy atom. The number of aryl methyl sites for hydroxylation is 2. The number of hydrogen-bond donors (Lipinski definition) is 1. The van der Waals surface area contributed by atoms with Gasteiger partial charge in [-0.1, -0.05) is 54.7 Å². The van der Waals surface area contributed by atoms with Crippen molar-refractivity contribution in [1.82, 2.24) is 14.5 Å². The molecule has 0 atom stereocenters. The SMILES string of the molecule is CCCCc1nc2c(C)c(NC(=O)c3cccc(Cl)c3)cnc2n1Cc1ccc(Cl)cc1. The van der Waals surface area contributed by atoms with Gasteiger partial charge >= 0.3 is 0 Å². The van der Waals surface area contributed by atoms with Gasteiger partial charge in [0.05, 0.1) is 18.4 Å². The number of carbonyl (C=O) groups excluding carboxylic acids is 1. The van der Waals surface area contributed by atoms with Crippen LogP contribution in [0.15, 0.2) is 54.7 Å². The topological polar surface area (TPSA) is 59.8 Å². The van der Waals surface area contributed by atoms with E-state index >= 15 is 0 Å². The van der Waals surface area contributed by atoms with Gasteiger partial charge in [-0.15, -0.1) is 0 Å². The van der Waals surface area contributed by atoms with E-state index in [1.54, 1.807) is 30.5 Å². The van der Waals surface area contributed by atoms with Crippen LogP contribution in [0.2, 0.25) is 10.0 Å². The molecule has 0 aliphatic carbocycles. The summed E-state index contributed by atoms with van der Waals surface area (Å²) in [6, 6.07) is 14.7. The summed E-state index contributed by atoms with van der Waals surface area (Å²) >= 11 is 12.1. The third-order valence-corrected chi connectivity index (χ3v) is 5.93. The molecule has 0 saturated carbocycles. The van der Waals surface area contributed by atoms with Crippen LogP contribution in [0.25, 0.3) is 11.2 Å². The van der Waals surface area contributed by atoms with Crippen LogP contribution in [0.3, 0.4) is 0 Å². The number of imidazole rings is 1. The number of hydrogen-bond acceptors (Lipinski definition) is 3. The monoisotopic (exact) mass is 466 g/mol. The fourth-order valence-electron chi connectivity index (χ4n) is 3.64. The van der Waals surface area contributed by atoms with Gasteiger partial charge in [0.25, 0.3) is 5.91 Å². The van der Waals surface area contributed by atoms with Crippen molar-refractivity contribution in [3.8, 4) is 0 Å². The lowest BCUT2D eigenvalue weighted by Gasteiger charge is -2.11. The molecule has 32 heavy (non-hydrogen) atoms. The largest absolute Gasteiger partial charge is 0.320 e. The van der Waals surface area contributed by atoms with E-state index in [-0.39, 0.29) is 5.91 Å². The second-order valence-corrected chi connectivity index (χ2v) is 8.65. The molecule has 2 heterocycles. The molecule has 2 aromatic carbocycles. The summed E-state index contributed by atoms with van der Waals surface area (Å²) < 4.78 is 2.16. The van der Waals surface area contributed by atoms with Crippen LogP contribution in [0.4, 0.5) is 5.69 Å². The van der Waals surface area contributed by atoms with Gasteiger partial charge in [-0.25, -0.2) is 9.97 Å². The second-order valence-electron chi connectivity index (χ2n) is 7.78. The van der Waals surface area contributed by atoms with Gasteiger partial charge in [-0.3, -0.25) is 4.79 Å². The fourth-order valence-corrected chi connectivity index (χ4v) is 3.95. The number of anilines is 1. The van der Waals surface area contributed by atoms with Gasteiger partial charge in [-0.2, -0.15) is 0 Å². The Morgan fingerprint density at radius 2 is 1.88 bits per heavy atom. The van der Waals surface area contributed by atoms with Crippen molar-refractivity contribution >= 4 is 46.0 Å².